The number of aliphatic carboxylic acids is 2. The number of fused-ring (bicyclic) bond motifs is 2. The van der Waals surface area contributed by atoms with Crippen LogP contribution < -0.4 is 31.9 Å². The molecule has 408 valence electrons. The van der Waals surface area contributed by atoms with Crippen LogP contribution in [0.5, 0.6) is 0 Å². The predicted octanol–water partition coefficient (Wildman–Crippen LogP) is 1.83. The van der Waals surface area contributed by atoms with Gasteiger partial charge < -0.3 is 66.5 Å². The number of rotatable bonds is 20. The highest BCUT2D eigenvalue weighted by Crippen LogP contribution is 2.53. The number of aryl methyl sites for hydroxylation is 6. The molecule has 8 heterocycles. The largest absolute Gasteiger partial charge is 0.480 e. The molecular formula is C51H68N14O11. The number of aromatic nitrogens is 6. The molecule has 4 aliphatic heterocycles. The van der Waals surface area contributed by atoms with E-state index in [9.17, 15) is 49.2 Å². The third-order valence-corrected chi connectivity index (χ3v) is 15.3. The summed E-state index contributed by atoms with van der Waals surface area (Å²) in [6.07, 6.45) is 6.99. The SMILES string of the molecule is Cc1cc(C2CC2c2nnc(C(=O)N[C@H](C(=O)O)C3(O)CCN(C(=O)NCCCc4ccc5c(n4)NCCC5)CC3)o2)nn1CCC(=O)NC(C(=O)O)C1(O)CCN(C(=O)NCCCc2ccc3c(n2)NCCC3)CC1. The molecule has 4 aromatic heterocycles. The highest BCUT2D eigenvalue weighted by Gasteiger charge is 2.49. The number of likely N-dealkylation sites (tertiary alicyclic amines) is 2. The molecule has 25 heteroatoms. The van der Waals surface area contributed by atoms with Crippen LogP contribution in [0.1, 0.15) is 127 Å². The quantitative estimate of drug-likeness (QED) is 0.0565. The average Bonchev–Trinajstić information content (AvgIpc) is 3.91. The zero-order chi connectivity index (χ0) is 53.6. The van der Waals surface area contributed by atoms with Crippen LogP contribution in [0.2, 0.25) is 0 Å². The van der Waals surface area contributed by atoms with Crippen molar-refractivity contribution in [2.24, 2.45) is 0 Å². The summed E-state index contributed by atoms with van der Waals surface area (Å²) < 4.78 is 7.32. The molecule has 4 atom stereocenters. The van der Waals surface area contributed by atoms with Gasteiger partial charge in [0, 0.05) is 94.2 Å². The second-order valence-corrected chi connectivity index (χ2v) is 20.7. The van der Waals surface area contributed by atoms with Gasteiger partial charge in [-0.2, -0.15) is 5.10 Å². The summed E-state index contributed by atoms with van der Waals surface area (Å²) in [5, 5.41) is 73.0. The minimum atomic E-state index is -1.87. The maximum absolute atomic E-state index is 13.3. The van der Waals surface area contributed by atoms with Gasteiger partial charge in [-0.15, -0.1) is 10.2 Å². The Hall–Kier alpha value is -7.41. The third-order valence-electron chi connectivity index (χ3n) is 15.3. The van der Waals surface area contributed by atoms with Gasteiger partial charge in [-0.3, -0.25) is 14.3 Å². The minimum absolute atomic E-state index is 0.0526. The van der Waals surface area contributed by atoms with E-state index < -0.39 is 52.9 Å². The number of anilines is 2. The number of nitrogens with one attached hydrogen (secondary N) is 6. The van der Waals surface area contributed by atoms with E-state index in [1.54, 1.807) is 11.6 Å². The van der Waals surface area contributed by atoms with Crippen LogP contribution in [0.25, 0.3) is 0 Å². The molecule has 4 aromatic rings. The number of aliphatic hydroxyl groups is 2. The Balaban J connectivity index is 0.686. The van der Waals surface area contributed by atoms with E-state index in [0.29, 0.717) is 50.9 Å². The van der Waals surface area contributed by atoms with Crippen LogP contribution in [-0.4, -0.2) is 172 Å². The number of nitrogens with zero attached hydrogens (tertiary/aromatic N) is 8. The van der Waals surface area contributed by atoms with Gasteiger partial charge in [0.05, 0.1) is 16.9 Å². The average molecular weight is 1050 g/mol. The van der Waals surface area contributed by atoms with Crippen LogP contribution in [0, 0.1) is 6.92 Å². The monoisotopic (exact) mass is 1050 g/mol. The van der Waals surface area contributed by atoms with Crippen LogP contribution in [0.4, 0.5) is 21.2 Å². The number of piperidine rings is 2. The number of carbonyl (C=O) groups excluding carboxylic acids is 4. The summed E-state index contributed by atoms with van der Waals surface area (Å²) in [5.41, 5.74) is 2.03. The molecule has 9 rings (SSSR count). The van der Waals surface area contributed by atoms with Crippen molar-refractivity contribution in [1.82, 2.24) is 61.0 Å². The van der Waals surface area contributed by atoms with Gasteiger partial charge in [-0.25, -0.2) is 29.1 Å². The zero-order valence-corrected chi connectivity index (χ0v) is 42.7. The van der Waals surface area contributed by atoms with E-state index in [0.717, 1.165) is 67.5 Å². The smallest absolute Gasteiger partial charge is 0.329 e. The fraction of sp³-hybridized carbons (Fsp3) is 0.588. The van der Waals surface area contributed by atoms with Crippen molar-refractivity contribution in [2.45, 2.75) is 138 Å². The molecule has 76 heavy (non-hydrogen) atoms. The van der Waals surface area contributed by atoms with Crippen molar-refractivity contribution in [1.29, 1.82) is 0 Å². The first kappa shape index (κ1) is 53.4. The third kappa shape index (κ3) is 12.6. The van der Waals surface area contributed by atoms with E-state index in [1.165, 1.54) is 20.9 Å². The molecule has 0 bridgehead atoms. The highest BCUT2D eigenvalue weighted by molar-refractivity contribution is 5.93. The minimum Gasteiger partial charge on any atom is -0.480 e. The highest BCUT2D eigenvalue weighted by atomic mass is 16.4. The molecule has 0 aromatic carbocycles. The van der Waals surface area contributed by atoms with Crippen molar-refractivity contribution in [2.75, 3.05) is 63.0 Å². The van der Waals surface area contributed by atoms with Gasteiger partial charge in [-0.1, -0.05) is 12.1 Å². The summed E-state index contributed by atoms with van der Waals surface area (Å²) in [7, 11) is 0. The summed E-state index contributed by atoms with van der Waals surface area (Å²) >= 11 is 0. The maximum atomic E-state index is 13.3. The number of hydrogen-bond donors (Lipinski definition) is 10. The molecular weight excluding hydrogens is 985 g/mol. The number of carboxylic acid groups (broad SMARTS) is 2. The molecule has 1 saturated carbocycles. The van der Waals surface area contributed by atoms with E-state index >= 15 is 0 Å². The van der Waals surface area contributed by atoms with E-state index in [4.69, 9.17) is 14.4 Å². The van der Waals surface area contributed by atoms with Gasteiger partial charge in [-0.05, 0) is 120 Å². The van der Waals surface area contributed by atoms with Gasteiger partial charge in [0.25, 0.3) is 0 Å². The fourth-order valence-electron chi connectivity index (χ4n) is 10.6. The molecule has 0 radical (unpaired) electrons. The van der Waals surface area contributed by atoms with Crippen molar-refractivity contribution >= 4 is 47.5 Å². The van der Waals surface area contributed by atoms with Gasteiger partial charge in [0.15, 0.2) is 12.1 Å². The molecule has 10 N–H and O–H groups in total. The number of amides is 6. The van der Waals surface area contributed by atoms with Crippen molar-refractivity contribution in [3.05, 3.63) is 76.0 Å². The molecule has 2 saturated heterocycles. The number of pyridine rings is 2. The molecule has 6 amide bonds. The second-order valence-electron chi connectivity index (χ2n) is 20.7. The zero-order valence-electron chi connectivity index (χ0n) is 42.7. The summed E-state index contributed by atoms with van der Waals surface area (Å²) in [6, 6.07) is 6.06. The molecule has 3 unspecified atom stereocenters. The summed E-state index contributed by atoms with van der Waals surface area (Å²) in [6.45, 7) is 4.86. The number of carboxylic acids is 2. The first-order valence-electron chi connectivity index (χ1n) is 26.4. The molecule has 3 fully saturated rings. The number of carbonyl (C=O) groups is 6. The van der Waals surface area contributed by atoms with E-state index in [-0.39, 0.29) is 94.6 Å². The Labute approximate surface area is 438 Å². The fourth-order valence-corrected chi connectivity index (χ4v) is 10.6. The van der Waals surface area contributed by atoms with Crippen molar-refractivity contribution < 1.29 is 53.6 Å². The molecule has 0 spiro atoms. The van der Waals surface area contributed by atoms with Gasteiger partial charge in [0.2, 0.25) is 11.8 Å². The Morgan fingerprint density at radius 3 is 1.79 bits per heavy atom. The summed E-state index contributed by atoms with van der Waals surface area (Å²) in [4.78, 5) is 89.6. The normalized spacial score (nSPS) is 20.1. The van der Waals surface area contributed by atoms with Crippen molar-refractivity contribution in [3.8, 4) is 0 Å². The lowest BCUT2D eigenvalue weighted by molar-refractivity contribution is -0.153. The first-order valence-corrected chi connectivity index (χ1v) is 26.4. The van der Waals surface area contributed by atoms with E-state index in [1.807, 2.05) is 18.2 Å². The van der Waals surface area contributed by atoms with Crippen LogP contribution >= 0.6 is 0 Å². The second kappa shape index (κ2) is 23.2. The Bertz CT molecular complexity index is 2780. The van der Waals surface area contributed by atoms with Crippen LogP contribution in [0.3, 0.4) is 0 Å². The topological polar surface area (TPSA) is 345 Å². The molecule has 5 aliphatic rings. The Morgan fingerprint density at radius 2 is 1.26 bits per heavy atom. The van der Waals surface area contributed by atoms with Crippen LogP contribution in [-0.2, 0) is 46.6 Å². The Morgan fingerprint density at radius 1 is 0.737 bits per heavy atom. The summed E-state index contributed by atoms with van der Waals surface area (Å²) in [5.74, 6) is -3.42. The van der Waals surface area contributed by atoms with Crippen LogP contribution in [0.15, 0.2) is 34.7 Å². The predicted molar refractivity (Wildman–Crippen MR) is 271 cm³/mol. The van der Waals surface area contributed by atoms with E-state index in [2.05, 4.69) is 59.3 Å². The molecule has 25 nitrogen and oxygen atoms in total. The maximum Gasteiger partial charge on any atom is 0.329 e. The van der Waals surface area contributed by atoms with Gasteiger partial charge >= 0.3 is 35.8 Å². The van der Waals surface area contributed by atoms with Gasteiger partial charge in [0.1, 0.15) is 11.6 Å². The number of hydrogen-bond acceptors (Lipinski definition) is 16. The first-order chi connectivity index (χ1) is 36.6. The molecule has 1 aliphatic carbocycles. The number of urea groups is 2. The Kier molecular flexibility index (Phi) is 16.3. The standard InChI is InChI=1S/C51H68N14O11/c1-30-28-37(62-65(30)23-14-38(66)58-39(46(68)69)50(74)15-24-63(25-16-50)48(72)54-21-4-8-33-12-10-31-6-2-19-52-41(31)56-33)35-29-36(35)44-60-61-45(76-44)43(67)59-40(47(70)71)51(75)17-26-64(27-18-51)49(73)55-22-5-9-34-13-11-32-7-3-20-53-42(32)57-34/h10-13,28,35-36,39-40,74-75H,2-9,14-27,29H2,1H3,(H,52,56)(H,53,57)(H,54,72)(H,55,73)(H,58,66)(H,59,67)(H,68,69)(H,70,71)/t35?,36?,39?,40-/m1/s1. The van der Waals surface area contributed by atoms with Crippen molar-refractivity contribution in [3.63, 3.8) is 0 Å². The lowest BCUT2D eigenvalue weighted by Gasteiger charge is -2.41. The lowest BCUT2D eigenvalue weighted by Crippen LogP contribution is -2.62. The lowest BCUT2D eigenvalue weighted by atomic mass is 9.84.